The van der Waals surface area contributed by atoms with Crippen LogP contribution in [0.5, 0.6) is 0 Å². The number of carboxylic acids is 1. The van der Waals surface area contributed by atoms with E-state index in [1.54, 1.807) is 0 Å². The van der Waals surface area contributed by atoms with Gasteiger partial charge in [-0.2, -0.15) is 25.3 Å². The zero-order chi connectivity index (χ0) is 7.70. The van der Waals surface area contributed by atoms with E-state index >= 15 is 0 Å². The highest BCUT2D eigenvalue weighted by atomic mass is 32.1. The summed E-state index contributed by atoms with van der Waals surface area (Å²) in [6, 6.07) is 0. The Morgan fingerprint density at radius 1 is 1.56 bits per heavy atom. The number of carboxylic acid groups (broad SMARTS) is 1. The van der Waals surface area contributed by atoms with Crippen LogP contribution in [0.4, 0.5) is 0 Å². The van der Waals surface area contributed by atoms with Crippen LogP contribution in [0.15, 0.2) is 0 Å². The average molecular weight is 168 g/mol. The molecule has 4 heteroatoms. The van der Waals surface area contributed by atoms with Crippen molar-refractivity contribution >= 4 is 31.2 Å². The van der Waals surface area contributed by atoms with Crippen molar-refractivity contribution in [2.24, 2.45) is 0 Å². The highest BCUT2D eigenvalue weighted by Crippen LogP contribution is 1.79. The maximum Gasteiger partial charge on any atom is 0.304 e. The monoisotopic (exact) mass is 168 g/mol. The molecule has 0 fully saturated rings. The van der Waals surface area contributed by atoms with E-state index in [4.69, 9.17) is 5.11 Å². The van der Waals surface area contributed by atoms with Crippen molar-refractivity contribution < 1.29 is 9.90 Å². The SMILES string of the molecule is CCS.O=C(O)CCS. The van der Waals surface area contributed by atoms with E-state index in [0.29, 0.717) is 5.75 Å². The Morgan fingerprint density at radius 3 is 1.89 bits per heavy atom. The molecule has 0 aromatic carbocycles. The summed E-state index contributed by atoms with van der Waals surface area (Å²) in [7, 11) is 0. The summed E-state index contributed by atoms with van der Waals surface area (Å²) in [6.45, 7) is 1.99. The van der Waals surface area contributed by atoms with Crippen molar-refractivity contribution in [3.05, 3.63) is 0 Å². The van der Waals surface area contributed by atoms with E-state index in [1.165, 1.54) is 0 Å². The first kappa shape index (κ1) is 11.9. The fraction of sp³-hybridized carbons (Fsp3) is 0.800. The molecule has 0 spiro atoms. The molecule has 0 radical (unpaired) electrons. The third-order valence-electron chi connectivity index (χ3n) is 0.326. The lowest BCUT2D eigenvalue weighted by Gasteiger charge is -1.79. The summed E-state index contributed by atoms with van der Waals surface area (Å²) in [6.07, 6.45) is 0.156. The predicted octanol–water partition coefficient (Wildman–Crippen LogP) is 1.33. The van der Waals surface area contributed by atoms with Crippen LogP contribution in [0.3, 0.4) is 0 Å². The fourth-order valence-corrected chi connectivity index (χ4v) is 0.287. The largest absolute Gasteiger partial charge is 0.481 e. The molecule has 0 aromatic rings. The van der Waals surface area contributed by atoms with Gasteiger partial charge in [0.25, 0.3) is 0 Å². The molecule has 0 heterocycles. The standard InChI is InChI=1S/C3H6O2S.C2H6S/c4-3(5)1-2-6;1-2-3/h6H,1-2H2,(H,4,5);3H,2H2,1H3. The Bertz CT molecular complexity index is 66.0. The van der Waals surface area contributed by atoms with Gasteiger partial charge in [0.15, 0.2) is 0 Å². The van der Waals surface area contributed by atoms with E-state index in [0.717, 1.165) is 5.75 Å². The van der Waals surface area contributed by atoms with Crippen molar-refractivity contribution in [1.82, 2.24) is 0 Å². The molecule has 0 aromatic heterocycles. The molecule has 0 unspecified atom stereocenters. The lowest BCUT2D eigenvalue weighted by atomic mass is 10.5. The van der Waals surface area contributed by atoms with Crippen LogP contribution in [0.2, 0.25) is 0 Å². The molecular weight excluding hydrogens is 156 g/mol. The lowest BCUT2D eigenvalue weighted by Crippen LogP contribution is -1.93. The van der Waals surface area contributed by atoms with Gasteiger partial charge in [-0.15, -0.1) is 0 Å². The van der Waals surface area contributed by atoms with Crippen LogP contribution in [0, 0.1) is 0 Å². The molecule has 0 bridgehead atoms. The molecule has 0 saturated heterocycles. The van der Waals surface area contributed by atoms with Gasteiger partial charge in [0.2, 0.25) is 0 Å². The molecule has 0 aliphatic heterocycles. The minimum atomic E-state index is -0.787. The molecule has 0 atom stereocenters. The van der Waals surface area contributed by atoms with Gasteiger partial charge in [0.1, 0.15) is 0 Å². The van der Waals surface area contributed by atoms with E-state index in [1.807, 2.05) is 6.92 Å². The second-order valence-electron chi connectivity index (χ2n) is 1.18. The zero-order valence-corrected chi connectivity index (χ0v) is 7.16. The van der Waals surface area contributed by atoms with Gasteiger partial charge in [-0.1, -0.05) is 6.92 Å². The summed E-state index contributed by atoms with van der Waals surface area (Å²) in [4.78, 5) is 9.55. The maximum absolute atomic E-state index is 9.55. The highest BCUT2D eigenvalue weighted by molar-refractivity contribution is 7.80. The lowest BCUT2D eigenvalue weighted by molar-refractivity contribution is -0.136. The van der Waals surface area contributed by atoms with Crippen molar-refractivity contribution in [3.8, 4) is 0 Å². The molecule has 0 rings (SSSR count). The van der Waals surface area contributed by atoms with Crippen LogP contribution in [-0.2, 0) is 4.79 Å². The number of aliphatic carboxylic acids is 1. The van der Waals surface area contributed by atoms with Crippen LogP contribution >= 0.6 is 25.3 Å². The average Bonchev–Trinajstić information content (AvgIpc) is 1.67. The van der Waals surface area contributed by atoms with E-state index < -0.39 is 5.97 Å². The molecule has 2 nitrogen and oxygen atoms in total. The van der Waals surface area contributed by atoms with E-state index in [2.05, 4.69) is 25.3 Å². The Morgan fingerprint density at radius 2 is 1.89 bits per heavy atom. The van der Waals surface area contributed by atoms with Crippen molar-refractivity contribution in [2.45, 2.75) is 13.3 Å². The van der Waals surface area contributed by atoms with Gasteiger partial charge in [-0.25, -0.2) is 0 Å². The second kappa shape index (κ2) is 11.0. The second-order valence-corrected chi connectivity index (χ2v) is 2.26. The van der Waals surface area contributed by atoms with Gasteiger partial charge in [0.05, 0.1) is 6.42 Å². The third-order valence-corrected chi connectivity index (χ3v) is 0.549. The number of hydrogen-bond acceptors (Lipinski definition) is 3. The number of carbonyl (C=O) groups is 1. The summed E-state index contributed by atoms with van der Waals surface area (Å²) in [5.74, 6) is 0.583. The smallest absolute Gasteiger partial charge is 0.304 e. The number of thiol groups is 2. The first-order chi connectivity index (χ1) is 4.18. The van der Waals surface area contributed by atoms with Crippen molar-refractivity contribution in [1.29, 1.82) is 0 Å². The zero-order valence-electron chi connectivity index (χ0n) is 5.37. The molecule has 0 aliphatic rings. The molecule has 0 saturated carbocycles. The molecule has 56 valence electrons. The van der Waals surface area contributed by atoms with Gasteiger partial charge < -0.3 is 5.11 Å². The molecular formula is C5H12O2S2. The number of rotatable bonds is 2. The van der Waals surface area contributed by atoms with Gasteiger partial charge in [0, 0.05) is 5.75 Å². The molecule has 0 aliphatic carbocycles. The topological polar surface area (TPSA) is 37.3 Å². The molecule has 1 N–H and O–H groups in total. The van der Waals surface area contributed by atoms with Gasteiger partial charge in [-0.3, -0.25) is 4.79 Å². The first-order valence-electron chi connectivity index (χ1n) is 2.62. The van der Waals surface area contributed by atoms with Crippen LogP contribution < -0.4 is 0 Å². The normalized spacial score (nSPS) is 7.44. The molecule has 0 amide bonds. The van der Waals surface area contributed by atoms with E-state index in [9.17, 15) is 4.79 Å². The predicted molar refractivity (Wildman–Crippen MR) is 45.6 cm³/mol. The quantitative estimate of drug-likeness (QED) is 0.544. The van der Waals surface area contributed by atoms with Crippen molar-refractivity contribution in [2.75, 3.05) is 11.5 Å². The highest BCUT2D eigenvalue weighted by Gasteiger charge is 1.88. The fourth-order valence-electron chi connectivity index (χ4n) is 0.0956. The number of hydrogen-bond donors (Lipinski definition) is 3. The Balaban J connectivity index is 0. The minimum Gasteiger partial charge on any atom is -0.481 e. The summed E-state index contributed by atoms with van der Waals surface area (Å²) >= 11 is 7.47. The summed E-state index contributed by atoms with van der Waals surface area (Å²) in [5.41, 5.74) is 0. The Labute approximate surface area is 66.5 Å². The summed E-state index contributed by atoms with van der Waals surface area (Å²) < 4.78 is 0. The van der Waals surface area contributed by atoms with Crippen LogP contribution in [0.1, 0.15) is 13.3 Å². The first-order valence-corrected chi connectivity index (χ1v) is 3.89. The van der Waals surface area contributed by atoms with Crippen LogP contribution in [-0.4, -0.2) is 22.6 Å². The third kappa shape index (κ3) is 31.0. The van der Waals surface area contributed by atoms with Gasteiger partial charge >= 0.3 is 5.97 Å². The van der Waals surface area contributed by atoms with E-state index in [-0.39, 0.29) is 6.42 Å². The van der Waals surface area contributed by atoms with Gasteiger partial charge in [-0.05, 0) is 5.75 Å². The molecule has 9 heavy (non-hydrogen) atoms. The Kier molecular flexibility index (Phi) is 14.6. The summed E-state index contributed by atoms with van der Waals surface area (Å²) in [5, 5.41) is 7.86. The van der Waals surface area contributed by atoms with Crippen LogP contribution in [0.25, 0.3) is 0 Å². The van der Waals surface area contributed by atoms with Crippen molar-refractivity contribution in [3.63, 3.8) is 0 Å². The minimum absolute atomic E-state index is 0.156. The Hall–Kier alpha value is 0.170. The maximum atomic E-state index is 9.55.